The highest BCUT2D eigenvalue weighted by molar-refractivity contribution is 4.72. The smallest absolute Gasteiger partial charge is 0.250 e. The molecule has 0 saturated carbocycles. The number of hydrogen-bond donors (Lipinski definition) is 0. The van der Waals surface area contributed by atoms with Gasteiger partial charge in [0.15, 0.2) is 0 Å². The maximum absolute atomic E-state index is 12.2. The van der Waals surface area contributed by atoms with E-state index in [4.69, 9.17) is 0 Å². The summed E-state index contributed by atoms with van der Waals surface area (Å²) < 4.78 is 75.2. The SMILES string of the molecule is CCC(F)(F)OC(F)(F)C(C)(F)F. The Morgan fingerprint density at radius 1 is 1.00 bits per heavy atom. The molecule has 0 aliphatic heterocycles. The van der Waals surface area contributed by atoms with E-state index in [1.54, 1.807) is 0 Å². The highest BCUT2D eigenvalue weighted by atomic mass is 19.3. The highest BCUT2D eigenvalue weighted by Crippen LogP contribution is 2.39. The van der Waals surface area contributed by atoms with Crippen molar-refractivity contribution in [3.8, 4) is 0 Å². The van der Waals surface area contributed by atoms with Crippen molar-refractivity contribution in [3.63, 3.8) is 0 Å². The molecule has 0 unspecified atom stereocenters. The van der Waals surface area contributed by atoms with Crippen molar-refractivity contribution in [1.29, 1.82) is 0 Å². The molecule has 0 aromatic rings. The van der Waals surface area contributed by atoms with Crippen LogP contribution in [-0.2, 0) is 4.74 Å². The minimum atomic E-state index is -5.16. The predicted molar refractivity (Wildman–Crippen MR) is 31.9 cm³/mol. The van der Waals surface area contributed by atoms with Crippen molar-refractivity contribution >= 4 is 0 Å². The first kappa shape index (κ1) is 12.5. The van der Waals surface area contributed by atoms with Gasteiger partial charge >= 0.3 is 18.1 Å². The molecule has 0 fully saturated rings. The lowest BCUT2D eigenvalue weighted by atomic mass is 10.3. The molecule has 13 heavy (non-hydrogen) atoms. The topological polar surface area (TPSA) is 9.23 Å². The molecule has 0 atom stereocenters. The fourth-order valence-corrected chi connectivity index (χ4v) is 0.349. The molecule has 7 heteroatoms. The summed E-state index contributed by atoms with van der Waals surface area (Å²) >= 11 is 0. The van der Waals surface area contributed by atoms with Gasteiger partial charge < -0.3 is 0 Å². The third-order valence-corrected chi connectivity index (χ3v) is 1.20. The van der Waals surface area contributed by atoms with Crippen LogP contribution in [0, 0.1) is 0 Å². The minimum absolute atomic E-state index is 0.196. The molecule has 0 aromatic carbocycles. The summed E-state index contributed by atoms with van der Waals surface area (Å²) in [6.45, 7) is 0.641. The Labute approximate surface area is 70.7 Å². The first-order valence-electron chi connectivity index (χ1n) is 3.35. The fraction of sp³-hybridized carbons (Fsp3) is 1.00. The van der Waals surface area contributed by atoms with Gasteiger partial charge in [-0.2, -0.15) is 26.3 Å². The monoisotopic (exact) mass is 210 g/mol. The van der Waals surface area contributed by atoms with E-state index in [0.29, 0.717) is 0 Å². The Balaban J connectivity index is 4.52. The van der Waals surface area contributed by atoms with E-state index < -0.39 is 24.6 Å². The van der Waals surface area contributed by atoms with Gasteiger partial charge in [0.05, 0.1) is 0 Å². The number of alkyl halides is 6. The standard InChI is InChI=1S/C6H8F6O/c1-3-5(9,10)13-6(11,12)4(2,7)8/h3H2,1-2H3. The average molecular weight is 210 g/mol. The molecule has 0 spiro atoms. The van der Waals surface area contributed by atoms with Crippen LogP contribution in [0.4, 0.5) is 26.3 Å². The summed E-state index contributed by atoms with van der Waals surface area (Å²) in [5.41, 5.74) is 0. The molecule has 0 aliphatic rings. The Morgan fingerprint density at radius 3 is 1.62 bits per heavy atom. The molecular weight excluding hydrogens is 202 g/mol. The van der Waals surface area contributed by atoms with Crippen molar-refractivity contribution < 1.29 is 31.1 Å². The normalized spacial score (nSPS) is 14.8. The molecule has 0 aliphatic carbocycles. The number of ether oxygens (including phenoxy) is 1. The molecule has 0 rings (SSSR count). The van der Waals surface area contributed by atoms with Crippen LogP contribution in [0.3, 0.4) is 0 Å². The van der Waals surface area contributed by atoms with Crippen molar-refractivity contribution in [2.75, 3.05) is 0 Å². The molecule has 0 heterocycles. The van der Waals surface area contributed by atoms with Crippen molar-refractivity contribution in [2.45, 2.75) is 38.4 Å². The van der Waals surface area contributed by atoms with Crippen LogP contribution in [-0.4, -0.2) is 18.1 Å². The van der Waals surface area contributed by atoms with Crippen LogP contribution >= 0.6 is 0 Å². The van der Waals surface area contributed by atoms with Crippen LogP contribution in [0.2, 0.25) is 0 Å². The van der Waals surface area contributed by atoms with Crippen molar-refractivity contribution in [1.82, 2.24) is 0 Å². The van der Waals surface area contributed by atoms with E-state index in [1.807, 2.05) is 0 Å². The Kier molecular flexibility index (Phi) is 3.24. The molecule has 0 amide bonds. The molecule has 0 aromatic heterocycles. The largest absolute Gasteiger partial charge is 0.423 e. The third kappa shape index (κ3) is 3.41. The maximum atomic E-state index is 12.2. The molecule has 0 radical (unpaired) electrons. The van der Waals surface area contributed by atoms with Gasteiger partial charge in [-0.1, -0.05) is 6.92 Å². The van der Waals surface area contributed by atoms with E-state index in [9.17, 15) is 26.3 Å². The average Bonchev–Trinajstić information content (AvgIpc) is 1.83. The lowest BCUT2D eigenvalue weighted by molar-refractivity contribution is -0.427. The second-order valence-corrected chi connectivity index (χ2v) is 2.50. The third-order valence-electron chi connectivity index (χ3n) is 1.20. The van der Waals surface area contributed by atoms with E-state index in [1.165, 1.54) is 0 Å². The summed E-state index contributed by atoms with van der Waals surface area (Å²) in [6, 6.07) is 0. The summed E-state index contributed by atoms with van der Waals surface area (Å²) in [7, 11) is 0. The van der Waals surface area contributed by atoms with Gasteiger partial charge in [-0.25, -0.2) is 0 Å². The maximum Gasteiger partial charge on any atom is 0.423 e. The number of rotatable bonds is 4. The van der Waals surface area contributed by atoms with Gasteiger partial charge in [-0.15, -0.1) is 0 Å². The van der Waals surface area contributed by atoms with E-state index in [-0.39, 0.29) is 6.92 Å². The fourth-order valence-electron chi connectivity index (χ4n) is 0.349. The second kappa shape index (κ2) is 3.36. The molecule has 1 nitrogen and oxygen atoms in total. The summed E-state index contributed by atoms with van der Waals surface area (Å²) in [6.07, 6.45) is -10.5. The van der Waals surface area contributed by atoms with Crippen LogP contribution in [0.15, 0.2) is 0 Å². The van der Waals surface area contributed by atoms with Crippen LogP contribution < -0.4 is 0 Å². The van der Waals surface area contributed by atoms with Gasteiger partial charge in [0.1, 0.15) is 0 Å². The summed E-state index contributed by atoms with van der Waals surface area (Å²) in [5, 5.41) is 0. The zero-order chi connectivity index (χ0) is 10.9. The Hall–Kier alpha value is -0.460. The zero-order valence-electron chi connectivity index (χ0n) is 6.88. The highest BCUT2D eigenvalue weighted by Gasteiger charge is 2.58. The van der Waals surface area contributed by atoms with E-state index >= 15 is 0 Å². The zero-order valence-corrected chi connectivity index (χ0v) is 6.88. The molecule has 0 saturated heterocycles. The first-order valence-corrected chi connectivity index (χ1v) is 3.35. The second-order valence-electron chi connectivity index (χ2n) is 2.50. The number of hydrogen-bond acceptors (Lipinski definition) is 1. The molecule has 0 N–H and O–H groups in total. The lowest BCUT2D eigenvalue weighted by Gasteiger charge is -2.26. The predicted octanol–water partition coefficient (Wildman–Crippen LogP) is 3.25. The quantitative estimate of drug-likeness (QED) is 0.647. The minimum Gasteiger partial charge on any atom is -0.250 e. The van der Waals surface area contributed by atoms with Crippen LogP contribution in [0.5, 0.6) is 0 Å². The summed E-state index contributed by atoms with van der Waals surface area (Å²) in [5.74, 6) is -4.63. The molecule has 80 valence electrons. The molecule has 0 bridgehead atoms. The van der Waals surface area contributed by atoms with Gasteiger partial charge in [0.25, 0.3) is 0 Å². The number of halogens is 6. The molecular formula is C6H8F6O. The van der Waals surface area contributed by atoms with Crippen molar-refractivity contribution in [3.05, 3.63) is 0 Å². The lowest BCUT2D eigenvalue weighted by Crippen LogP contribution is -2.45. The van der Waals surface area contributed by atoms with Crippen LogP contribution in [0.25, 0.3) is 0 Å². The Bertz CT molecular complexity index is 172. The van der Waals surface area contributed by atoms with Gasteiger partial charge in [0, 0.05) is 13.3 Å². The van der Waals surface area contributed by atoms with E-state index in [2.05, 4.69) is 4.74 Å². The van der Waals surface area contributed by atoms with E-state index in [0.717, 1.165) is 6.92 Å². The van der Waals surface area contributed by atoms with Gasteiger partial charge in [0.2, 0.25) is 0 Å². The van der Waals surface area contributed by atoms with Crippen LogP contribution in [0.1, 0.15) is 20.3 Å². The summed E-state index contributed by atoms with van der Waals surface area (Å²) in [4.78, 5) is 0. The van der Waals surface area contributed by atoms with Gasteiger partial charge in [-0.05, 0) is 0 Å². The Morgan fingerprint density at radius 2 is 1.38 bits per heavy atom. The first-order chi connectivity index (χ1) is 5.52. The van der Waals surface area contributed by atoms with Gasteiger partial charge in [-0.3, -0.25) is 4.74 Å². The van der Waals surface area contributed by atoms with Crippen molar-refractivity contribution in [2.24, 2.45) is 0 Å².